The standard InChI is InChI=1S/C24H17N5O6/c1-33-18-7-6-13(8-14(18)11-28-12-15(10-27-28)29(31)32)20-17(9-25)23(26)35-22-16-4-2-3-5-19(16)34-24(30)21(20)22/h2-8,10,12,20H,11,26H2,1H3/t20-/m1/s1. The molecule has 35 heavy (non-hydrogen) atoms. The Labute approximate surface area is 197 Å². The summed E-state index contributed by atoms with van der Waals surface area (Å²) in [7, 11) is 1.49. The van der Waals surface area contributed by atoms with Crippen molar-refractivity contribution >= 4 is 16.7 Å². The monoisotopic (exact) mass is 471 g/mol. The number of allylic oxidation sites excluding steroid dienone is 1. The van der Waals surface area contributed by atoms with Gasteiger partial charge in [-0.1, -0.05) is 18.2 Å². The first-order valence-corrected chi connectivity index (χ1v) is 10.4. The van der Waals surface area contributed by atoms with Crippen molar-refractivity contribution < 1.29 is 18.8 Å². The highest BCUT2D eigenvalue weighted by atomic mass is 16.6. The van der Waals surface area contributed by atoms with Crippen LogP contribution in [0, 0.1) is 21.4 Å². The van der Waals surface area contributed by atoms with E-state index in [9.17, 15) is 20.2 Å². The normalized spacial score (nSPS) is 14.8. The highest BCUT2D eigenvalue weighted by molar-refractivity contribution is 5.86. The molecule has 2 aromatic heterocycles. The second-order valence-corrected chi connectivity index (χ2v) is 7.78. The van der Waals surface area contributed by atoms with E-state index in [0.717, 1.165) is 6.20 Å². The van der Waals surface area contributed by atoms with E-state index >= 15 is 0 Å². The van der Waals surface area contributed by atoms with E-state index in [2.05, 4.69) is 11.2 Å². The molecule has 0 saturated carbocycles. The minimum atomic E-state index is -0.860. The van der Waals surface area contributed by atoms with E-state index < -0.39 is 16.5 Å². The number of nitro groups is 1. The minimum Gasteiger partial charge on any atom is -0.496 e. The largest absolute Gasteiger partial charge is 0.496 e. The van der Waals surface area contributed by atoms with Crippen LogP contribution in [0.1, 0.15) is 22.6 Å². The molecule has 2 N–H and O–H groups in total. The van der Waals surface area contributed by atoms with Gasteiger partial charge >= 0.3 is 11.3 Å². The van der Waals surface area contributed by atoms with E-state index in [1.54, 1.807) is 42.5 Å². The Hall–Kier alpha value is -5.11. The molecular formula is C24H17N5O6. The van der Waals surface area contributed by atoms with E-state index in [1.807, 2.05) is 0 Å². The Morgan fingerprint density at radius 2 is 2.11 bits per heavy atom. The Morgan fingerprint density at radius 3 is 2.83 bits per heavy atom. The van der Waals surface area contributed by atoms with Gasteiger partial charge in [0.2, 0.25) is 5.88 Å². The van der Waals surface area contributed by atoms with Crippen molar-refractivity contribution in [3.63, 3.8) is 0 Å². The number of aromatic nitrogens is 2. The molecule has 11 heteroatoms. The van der Waals surface area contributed by atoms with Crippen molar-refractivity contribution in [3.8, 4) is 17.6 Å². The van der Waals surface area contributed by atoms with Crippen molar-refractivity contribution in [2.24, 2.45) is 5.73 Å². The van der Waals surface area contributed by atoms with Crippen LogP contribution in [-0.4, -0.2) is 21.8 Å². The first kappa shape index (κ1) is 21.7. The number of para-hydroxylation sites is 1. The smallest absolute Gasteiger partial charge is 0.344 e. The first-order valence-electron chi connectivity index (χ1n) is 10.4. The fourth-order valence-electron chi connectivity index (χ4n) is 4.21. The van der Waals surface area contributed by atoms with Gasteiger partial charge in [-0.05, 0) is 29.8 Å². The Morgan fingerprint density at radius 1 is 1.31 bits per heavy atom. The van der Waals surface area contributed by atoms with Crippen LogP contribution in [0.5, 0.6) is 11.5 Å². The molecule has 3 heterocycles. The molecular weight excluding hydrogens is 454 g/mol. The summed E-state index contributed by atoms with van der Waals surface area (Å²) in [6.45, 7) is 0.147. The predicted octanol–water partition coefficient (Wildman–Crippen LogP) is 3.17. The van der Waals surface area contributed by atoms with Gasteiger partial charge in [-0.25, -0.2) is 4.79 Å². The van der Waals surface area contributed by atoms with E-state index in [1.165, 1.54) is 18.0 Å². The lowest BCUT2D eigenvalue weighted by molar-refractivity contribution is -0.385. The molecule has 2 aromatic carbocycles. The summed E-state index contributed by atoms with van der Waals surface area (Å²) in [4.78, 5) is 23.6. The number of benzene rings is 2. The van der Waals surface area contributed by atoms with Crippen molar-refractivity contribution in [3.05, 3.63) is 104 Å². The van der Waals surface area contributed by atoms with Gasteiger partial charge in [0.1, 0.15) is 35.4 Å². The second-order valence-electron chi connectivity index (χ2n) is 7.78. The molecule has 1 atom stereocenters. The van der Waals surface area contributed by atoms with E-state index in [0.29, 0.717) is 27.8 Å². The maximum absolute atomic E-state index is 13.1. The number of hydrogen-bond donors (Lipinski definition) is 1. The number of hydrogen-bond acceptors (Lipinski definition) is 9. The van der Waals surface area contributed by atoms with Crippen LogP contribution in [0.25, 0.3) is 11.0 Å². The van der Waals surface area contributed by atoms with Crippen LogP contribution in [-0.2, 0) is 6.54 Å². The highest BCUT2D eigenvalue weighted by Gasteiger charge is 2.35. The summed E-state index contributed by atoms with van der Waals surface area (Å²) >= 11 is 0. The number of fused-ring (bicyclic) bond motifs is 3. The number of nitrogens with two attached hydrogens (primary N) is 1. The third kappa shape index (κ3) is 3.63. The molecule has 4 aromatic rings. The average Bonchev–Trinajstić information content (AvgIpc) is 3.32. The molecule has 0 unspecified atom stereocenters. The molecule has 1 aliphatic heterocycles. The van der Waals surface area contributed by atoms with Crippen molar-refractivity contribution in [1.29, 1.82) is 5.26 Å². The molecule has 0 radical (unpaired) electrons. The summed E-state index contributed by atoms with van der Waals surface area (Å²) in [6.07, 6.45) is 2.45. The van der Waals surface area contributed by atoms with E-state index in [4.69, 9.17) is 19.6 Å². The first-order chi connectivity index (χ1) is 16.9. The maximum atomic E-state index is 13.1. The van der Waals surface area contributed by atoms with Crippen molar-refractivity contribution in [1.82, 2.24) is 9.78 Å². The second kappa shape index (κ2) is 8.35. The van der Waals surface area contributed by atoms with Gasteiger partial charge in [-0.3, -0.25) is 14.8 Å². The minimum absolute atomic E-state index is 0.0610. The molecule has 0 saturated heterocycles. The molecule has 0 amide bonds. The average molecular weight is 471 g/mol. The molecule has 0 aliphatic carbocycles. The third-order valence-electron chi connectivity index (χ3n) is 5.77. The number of ether oxygens (including phenoxy) is 2. The van der Waals surface area contributed by atoms with Gasteiger partial charge in [0.15, 0.2) is 5.75 Å². The van der Waals surface area contributed by atoms with Gasteiger partial charge in [-0.15, -0.1) is 0 Å². The van der Waals surface area contributed by atoms with Gasteiger partial charge in [0, 0.05) is 5.56 Å². The number of nitriles is 1. The van der Waals surface area contributed by atoms with Gasteiger partial charge < -0.3 is 19.6 Å². The number of nitrogens with zero attached hydrogens (tertiary/aromatic N) is 4. The zero-order chi connectivity index (χ0) is 24.7. The van der Waals surface area contributed by atoms with Gasteiger partial charge in [0.25, 0.3) is 0 Å². The molecule has 0 fully saturated rings. The predicted molar refractivity (Wildman–Crippen MR) is 123 cm³/mol. The van der Waals surface area contributed by atoms with E-state index in [-0.39, 0.29) is 35.0 Å². The Balaban J connectivity index is 1.68. The van der Waals surface area contributed by atoms with Crippen LogP contribution in [0.15, 0.2) is 75.5 Å². The number of rotatable bonds is 5. The fourth-order valence-corrected chi connectivity index (χ4v) is 4.21. The van der Waals surface area contributed by atoms with Crippen LogP contribution in [0.3, 0.4) is 0 Å². The SMILES string of the molecule is COc1ccc([C@@H]2C(C#N)=C(N)Oc3c2c(=O)oc2ccccc32)cc1Cn1cc([N+](=O)[O-])cn1. The Bertz CT molecular complexity index is 1630. The maximum Gasteiger partial charge on any atom is 0.344 e. The molecule has 1 aliphatic rings. The lowest BCUT2D eigenvalue weighted by Gasteiger charge is -2.26. The lowest BCUT2D eigenvalue weighted by Crippen LogP contribution is -2.26. The quantitative estimate of drug-likeness (QED) is 0.262. The Kier molecular flexibility index (Phi) is 5.18. The lowest BCUT2D eigenvalue weighted by atomic mass is 9.83. The molecule has 0 bridgehead atoms. The number of methoxy groups -OCH3 is 1. The highest BCUT2D eigenvalue weighted by Crippen LogP contribution is 2.44. The van der Waals surface area contributed by atoms with Crippen LogP contribution < -0.4 is 20.8 Å². The van der Waals surface area contributed by atoms with Crippen LogP contribution >= 0.6 is 0 Å². The zero-order valence-corrected chi connectivity index (χ0v) is 18.3. The van der Waals surface area contributed by atoms with Gasteiger partial charge in [0.05, 0.1) is 35.4 Å². The topological polar surface area (TPSA) is 159 Å². The van der Waals surface area contributed by atoms with Crippen LogP contribution in [0.4, 0.5) is 5.69 Å². The fraction of sp³-hybridized carbons (Fsp3) is 0.125. The summed E-state index contributed by atoms with van der Waals surface area (Å²) in [5, 5.41) is 25.5. The summed E-state index contributed by atoms with van der Waals surface area (Å²) < 4.78 is 18.1. The summed E-state index contributed by atoms with van der Waals surface area (Å²) in [6, 6.07) is 14.1. The molecule has 5 rings (SSSR count). The van der Waals surface area contributed by atoms with Crippen molar-refractivity contribution in [2.45, 2.75) is 12.5 Å². The zero-order valence-electron chi connectivity index (χ0n) is 18.3. The molecule has 174 valence electrons. The third-order valence-corrected chi connectivity index (χ3v) is 5.77. The summed E-state index contributed by atoms with van der Waals surface area (Å²) in [5.41, 5.74) is 7.06. The summed E-state index contributed by atoms with van der Waals surface area (Å²) in [5.74, 6) is -0.236. The van der Waals surface area contributed by atoms with Gasteiger partial charge in [-0.2, -0.15) is 10.4 Å². The van der Waals surface area contributed by atoms with Crippen molar-refractivity contribution in [2.75, 3.05) is 7.11 Å². The molecule has 11 nitrogen and oxygen atoms in total. The van der Waals surface area contributed by atoms with Crippen LogP contribution in [0.2, 0.25) is 0 Å². The molecule has 0 spiro atoms.